The average Bonchev–Trinajstić information content (AvgIpc) is 3.11. The van der Waals surface area contributed by atoms with E-state index in [2.05, 4.69) is 15.5 Å². The number of amides is 1. The molecular formula is C20H21Cl2N5OS. The van der Waals surface area contributed by atoms with Gasteiger partial charge in [0.25, 0.3) is 0 Å². The first-order chi connectivity index (χ1) is 13.9. The van der Waals surface area contributed by atoms with Crippen molar-refractivity contribution in [2.24, 2.45) is 0 Å². The number of hydrogen-bond acceptors (Lipinski definition) is 5. The topological polar surface area (TPSA) is 63.1 Å². The average molecular weight is 450 g/mol. The van der Waals surface area contributed by atoms with Crippen LogP contribution in [0.4, 0.5) is 11.4 Å². The Morgan fingerprint density at radius 3 is 2.48 bits per heavy atom. The summed E-state index contributed by atoms with van der Waals surface area (Å²) in [6.07, 6.45) is 0. The van der Waals surface area contributed by atoms with Gasteiger partial charge >= 0.3 is 0 Å². The molecule has 0 radical (unpaired) electrons. The molecule has 6 nitrogen and oxygen atoms in total. The number of aromatic nitrogens is 3. The van der Waals surface area contributed by atoms with Gasteiger partial charge in [-0.3, -0.25) is 4.79 Å². The van der Waals surface area contributed by atoms with Gasteiger partial charge in [-0.05, 0) is 49.4 Å². The molecule has 0 unspecified atom stereocenters. The first kappa shape index (κ1) is 21.5. The summed E-state index contributed by atoms with van der Waals surface area (Å²) in [5, 5.41) is 13.0. The van der Waals surface area contributed by atoms with Crippen molar-refractivity contribution < 1.29 is 4.79 Å². The van der Waals surface area contributed by atoms with E-state index in [1.54, 1.807) is 18.2 Å². The standard InChI is InChI=1S/C20H21Cl2N5OS/c1-4-27-19(13-5-8-15(9-6-13)26(2)3)24-25-20(27)29-12-18(28)23-17-10-7-14(21)11-16(17)22/h5-11H,4,12H2,1-3H3,(H,23,28). The van der Waals surface area contributed by atoms with Gasteiger partial charge in [-0.15, -0.1) is 10.2 Å². The Bertz CT molecular complexity index is 1000. The Morgan fingerprint density at radius 1 is 1.14 bits per heavy atom. The molecule has 0 saturated heterocycles. The van der Waals surface area contributed by atoms with Gasteiger partial charge in [0.2, 0.25) is 5.91 Å². The van der Waals surface area contributed by atoms with Crippen molar-refractivity contribution in [3.8, 4) is 11.4 Å². The van der Waals surface area contributed by atoms with Crippen LogP contribution >= 0.6 is 35.0 Å². The van der Waals surface area contributed by atoms with E-state index >= 15 is 0 Å². The lowest BCUT2D eigenvalue weighted by Crippen LogP contribution is -2.15. The van der Waals surface area contributed by atoms with Crippen LogP contribution in [0, 0.1) is 0 Å². The van der Waals surface area contributed by atoms with Gasteiger partial charge in [0.1, 0.15) is 0 Å². The highest BCUT2D eigenvalue weighted by atomic mass is 35.5. The van der Waals surface area contributed by atoms with Crippen molar-refractivity contribution in [2.45, 2.75) is 18.6 Å². The molecule has 0 aliphatic rings. The number of nitrogens with zero attached hydrogens (tertiary/aromatic N) is 4. The third-order valence-corrected chi connectivity index (χ3v) is 5.73. The summed E-state index contributed by atoms with van der Waals surface area (Å²) in [4.78, 5) is 14.4. The molecule has 0 aliphatic heterocycles. The number of anilines is 2. The number of rotatable bonds is 7. The molecule has 1 N–H and O–H groups in total. The normalized spacial score (nSPS) is 10.8. The van der Waals surface area contributed by atoms with E-state index in [9.17, 15) is 4.79 Å². The first-order valence-corrected chi connectivity index (χ1v) is 10.7. The fraction of sp³-hybridized carbons (Fsp3) is 0.250. The van der Waals surface area contributed by atoms with Gasteiger partial charge < -0.3 is 14.8 Å². The maximum Gasteiger partial charge on any atom is 0.234 e. The molecule has 0 fully saturated rings. The van der Waals surface area contributed by atoms with Crippen molar-refractivity contribution >= 4 is 52.2 Å². The van der Waals surface area contributed by atoms with Crippen LogP contribution in [0.25, 0.3) is 11.4 Å². The number of halogens is 2. The molecule has 29 heavy (non-hydrogen) atoms. The van der Waals surface area contributed by atoms with Crippen molar-refractivity contribution in [2.75, 3.05) is 30.1 Å². The third kappa shape index (κ3) is 5.23. The number of carbonyl (C=O) groups excluding carboxylic acids is 1. The predicted molar refractivity (Wildman–Crippen MR) is 121 cm³/mol. The van der Waals surface area contributed by atoms with E-state index in [-0.39, 0.29) is 11.7 Å². The van der Waals surface area contributed by atoms with Gasteiger partial charge in [0, 0.05) is 36.9 Å². The molecule has 0 spiro atoms. The fourth-order valence-corrected chi connectivity index (χ4v) is 3.97. The number of hydrogen-bond donors (Lipinski definition) is 1. The fourth-order valence-electron chi connectivity index (χ4n) is 2.71. The summed E-state index contributed by atoms with van der Waals surface area (Å²) < 4.78 is 2.00. The Hall–Kier alpha value is -2.22. The summed E-state index contributed by atoms with van der Waals surface area (Å²) in [6, 6.07) is 13.1. The Labute approximate surface area is 184 Å². The van der Waals surface area contributed by atoms with E-state index in [1.807, 2.05) is 54.8 Å². The van der Waals surface area contributed by atoms with Crippen LogP contribution in [-0.4, -0.2) is 40.5 Å². The Balaban J connectivity index is 1.69. The maximum atomic E-state index is 12.3. The number of nitrogens with one attached hydrogen (secondary N) is 1. The van der Waals surface area contributed by atoms with Gasteiger partial charge in [-0.1, -0.05) is 35.0 Å². The Kier molecular flexibility index (Phi) is 7.05. The van der Waals surface area contributed by atoms with E-state index in [4.69, 9.17) is 23.2 Å². The molecule has 9 heteroatoms. The molecule has 2 aromatic carbocycles. The smallest absolute Gasteiger partial charge is 0.234 e. The van der Waals surface area contributed by atoms with E-state index in [1.165, 1.54) is 11.8 Å². The minimum atomic E-state index is -0.179. The quantitative estimate of drug-likeness (QED) is 0.510. The summed E-state index contributed by atoms with van der Waals surface area (Å²) >= 11 is 13.3. The second kappa shape index (κ2) is 9.52. The lowest BCUT2D eigenvalue weighted by atomic mass is 10.2. The summed E-state index contributed by atoms with van der Waals surface area (Å²) in [7, 11) is 4.00. The van der Waals surface area contributed by atoms with E-state index < -0.39 is 0 Å². The number of carbonyl (C=O) groups is 1. The van der Waals surface area contributed by atoms with Crippen LogP contribution in [0.15, 0.2) is 47.6 Å². The molecule has 1 aromatic heterocycles. The zero-order valence-corrected chi connectivity index (χ0v) is 18.6. The SMILES string of the molecule is CCn1c(SCC(=O)Nc2ccc(Cl)cc2Cl)nnc1-c1ccc(N(C)C)cc1. The van der Waals surface area contributed by atoms with Crippen molar-refractivity contribution in [1.82, 2.24) is 14.8 Å². The Morgan fingerprint density at radius 2 is 1.86 bits per heavy atom. The monoisotopic (exact) mass is 449 g/mol. The minimum Gasteiger partial charge on any atom is -0.378 e. The molecule has 0 aliphatic carbocycles. The minimum absolute atomic E-state index is 0.179. The second-order valence-corrected chi connectivity index (χ2v) is 8.24. The molecule has 3 rings (SSSR count). The van der Waals surface area contributed by atoms with Gasteiger partial charge in [-0.2, -0.15) is 0 Å². The van der Waals surface area contributed by atoms with Crippen LogP contribution in [0.3, 0.4) is 0 Å². The third-order valence-electron chi connectivity index (χ3n) is 4.21. The summed E-state index contributed by atoms with van der Waals surface area (Å²) in [5.41, 5.74) is 2.62. The van der Waals surface area contributed by atoms with Crippen molar-refractivity contribution in [3.05, 3.63) is 52.5 Å². The molecule has 0 bridgehead atoms. The second-order valence-electron chi connectivity index (χ2n) is 6.45. The molecule has 1 heterocycles. The maximum absolute atomic E-state index is 12.3. The van der Waals surface area contributed by atoms with Crippen LogP contribution in [0.5, 0.6) is 0 Å². The van der Waals surface area contributed by atoms with Crippen LogP contribution in [-0.2, 0) is 11.3 Å². The zero-order chi connectivity index (χ0) is 21.0. The van der Waals surface area contributed by atoms with Crippen molar-refractivity contribution in [1.29, 1.82) is 0 Å². The van der Waals surface area contributed by atoms with Crippen LogP contribution in [0.2, 0.25) is 10.0 Å². The van der Waals surface area contributed by atoms with E-state index in [0.29, 0.717) is 27.4 Å². The zero-order valence-electron chi connectivity index (χ0n) is 16.3. The largest absolute Gasteiger partial charge is 0.378 e. The van der Waals surface area contributed by atoms with Gasteiger partial charge in [0.15, 0.2) is 11.0 Å². The summed E-state index contributed by atoms with van der Waals surface area (Å²) in [5.74, 6) is 0.791. The summed E-state index contributed by atoms with van der Waals surface area (Å²) in [6.45, 7) is 2.73. The number of thioether (sulfide) groups is 1. The van der Waals surface area contributed by atoms with Crippen molar-refractivity contribution in [3.63, 3.8) is 0 Å². The van der Waals surface area contributed by atoms with E-state index in [0.717, 1.165) is 17.1 Å². The highest BCUT2D eigenvalue weighted by Crippen LogP contribution is 2.27. The molecule has 0 saturated carbocycles. The highest BCUT2D eigenvalue weighted by Gasteiger charge is 2.15. The number of benzene rings is 2. The molecule has 1 amide bonds. The van der Waals surface area contributed by atoms with Crippen LogP contribution in [0.1, 0.15) is 6.92 Å². The van der Waals surface area contributed by atoms with Gasteiger partial charge in [-0.25, -0.2) is 0 Å². The molecule has 3 aromatic rings. The predicted octanol–water partition coefficient (Wildman–Crippen LogP) is 5.07. The molecular weight excluding hydrogens is 429 g/mol. The lowest BCUT2D eigenvalue weighted by molar-refractivity contribution is -0.113. The highest BCUT2D eigenvalue weighted by molar-refractivity contribution is 7.99. The van der Waals surface area contributed by atoms with Crippen LogP contribution < -0.4 is 10.2 Å². The lowest BCUT2D eigenvalue weighted by Gasteiger charge is -2.13. The first-order valence-electron chi connectivity index (χ1n) is 8.97. The molecule has 152 valence electrons. The molecule has 0 atom stereocenters. The van der Waals surface area contributed by atoms with Gasteiger partial charge in [0.05, 0.1) is 16.5 Å².